The van der Waals surface area contributed by atoms with E-state index in [0.717, 1.165) is 30.1 Å². The molecule has 4 nitrogen and oxygen atoms in total. The minimum absolute atomic E-state index is 0. The van der Waals surface area contributed by atoms with E-state index in [1.807, 2.05) is 0 Å². The summed E-state index contributed by atoms with van der Waals surface area (Å²) < 4.78 is 22.7. The molecule has 0 aromatic rings. The van der Waals surface area contributed by atoms with Gasteiger partial charge < -0.3 is 9.90 Å². The number of hydrogen-bond donors (Lipinski definition) is 0. The Bertz CT molecular complexity index is 800. The number of aliphatic carboxylic acids is 1. The summed E-state index contributed by atoms with van der Waals surface area (Å²) in [5.74, 6) is 2.24. The van der Waals surface area contributed by atoms with Crippen LogP contribution >= 0.6 is 0 Å². The van der Waals surface area contributed by atoms with Crippen LogP contribution in [0, 0.1) is 46.3 Å². The second-order valence-corrected chi connectivity index (χ2v) is 12.2. The molecular formula is C24H37NaO4S. The Morgan fingerprint density at radius 1 is 0.967 bits per heavy atom. The quantitative estimate of drug-likeness (QED) is 0.476. The molecular weight excluding hydrogens is 407 g/mol. The van der Waals surface area contributed by atoms with Gasteiger partial charge in [-0.1, -0.05) is 33.6 Å². The standard InChI is InChI=1S/C24H38O4S.Na/c1-15(14-21(22(25)26)29(27)28)18-9-10-19-17-8-7-16-6-4-5-12-23(16,2)20(17)11-13-24(18,19)3;/h15-20H,4-14H2,1-3H3,(H,25,26);/q;+1/p-1/t15-,16?,17+,18-,19+,20+,23+,24-;/m1./s1. The summed E-state index contributed by atoms with van der Waals surface area (Å²) in [5, 5.41) is 11.3. The van der Waals surface area contributed by atoms with Gasteiger partial charge in [-0.05, 0) is 104 Å². The van der Waals surface area contributed by atoms with Crippen LogP contribution in [-0.2, 0) is 15.1 Å². The molecule has 0 radical (unpaired) electrons. The van der Waals surface area contributed by atoms with E-state index in [1.165, 1.54) is 57.8 Å². The second kappa shape index (κ2) is 9.19. The molecule has 4 aliphatic rings. The first-order valence-electron chi connectivity index (χ1n) is 11.8. The number of carboxylic acids is 1. The fourth-order valence-corrected chi connectivity index (χ4v) is 9.46. The Morgan fingerprint density at radius 2 is 1.67 bits per heavy atom. The summed E-state index contributed by atoms with van der Waals surface area (Å²) in [4.78, 5) is 10.8. The summed E-state index contributed by atoms with van der Waals surface area (Å²) in [5.41, 5.74) is 0.751. The zero-order chi connectivity index (χ0) is 21.0. The van der Waals surface area contributed by atoms with Crippen LogP contribution in [0.3, 0.4) is 0 Å². The van der Waals surface area contributed by atoms with Gasteiger partial charge >= 0.3 is 29.6 Å². The summed E-state index contributed by atoms with van der Waals surface area (Å²) >= 11 is 0. The topological polar surface area (TPSA) is 74.3 Å². The van der Waals surface area contributed by atoms with Gasteiger partial charge in [-0.3, -0.25) is 0 Å². The molecule has 0 amide bonds. The van der Waals surface area contributed by atoms with Crippen LogP contribution in [0.25, 0.3) is 0 Å². The molecule has 0 spiro atoms. The van der Waals surface area contributed by atoms with Crippen molar-refractivity contribution in [2.75, 3.05) is 0 Å². The van der Waals surface area contributed by atoms with E-state index >= 15 is 0 Å². The van der Waals surface area contributed by atoms with E-state index < -0.39 is 21.1 Å². The van der Waals surface area contributed by atoms with E-state index in [2.05, 4.69) is 20.8 Å². The summed E-state index contributed by atoms with van der Waals surface area (Å²) in [6.07, 6.45) is 13.4. The van der Waals surface area contributed by atoms with Crippen LogP contribution < -0.4 is 34.7 Å². The molecule has 1 unspecified atom stereocenters. The van der Waals surface area contributed by atoms with Gasteiger partial charge in [0.15, 0.2) is 0 Å². The monoisotopic (exact) mass is 444 g/mol. The molecule has 0 heterocycles. The molecule has 0 aliphatic heterocycles. The van der Waals surface area contributed by atoms with Gasteiger partial charge in [0.25, 0.3) is 0 Å². The third kappa shape index (κ3) is 3.99. The Balaban J connectivity index is 0.00000256. The van der Waals surface area contributed by atoms with Crippen LogP contribution in [0.4, 0.5) is 0 Å². The molecule has 0 saturated heterocycles. The average molecular weight is 445 g/mol. The van der Waals surface area contributed by atoms with Crippen LogP contribution in [0.2, 0.25) is 0 Å². The predicted molar refractivity (Wildman–Crippen MR) is 113 cm³/mol. The number of fused-ring (bicyclic) bond motifs is 5. The first-order valence-corrected chi connectivity index (χ1v) is 12.9. The van der Waals surface area contributed by atoms with E-state index in [-0.39, 0.29) is 47.3 Å². The predicted octanol–water partition coefficient (Wildman–Crippen LogP) is 0.867. The molecule has 8 atom stereocenters. The van der Waals surface area contributed by atoms with E-state index in [1.54, 1.807) is 0 Å². The maximum absolute atomic E-state index is 11.4. The maximum Gasteiger partial charge on any atom is 1.00 e. The van der Waals surface area contributed by atoms with Crippen molar-refractivity contribution in [2.24, 2.45) is 46.3 Å². The third-order valence-corrected chi connectivity index (χ3v) is 11.0. The van der Waals surface area contributed by atoms with Gasteiger partial charge in [-0.15, -0.1) is 0 Å². The SMILES string of the molecule is C[C@H](CC(C(=O)[O-])=S(=O)=O)[C@H]1CC[C@H]2[C@@H]3CCC4CCCC[C@]4(C)[C@H]3CC[C@]12C.[Na+]. The number of carbonyl (C=O) groups excluding carboxylic acids is 1. The number of carboxylic acid groups (broad SMARTS) is 1. The number of rotatable bonds is 4. The van der Waals surface area contributed by atoms with E-state index in [0.29, 0.717) is 11.3 Å². The van der Waals surface area contributed by atoms with Gasteiger partial charge in [0.05, 0.1) is 10.8 Å². The zero-order valence-electron chi connectivity index (χ0n) is 19.3. The molecule has 0 aromatic carbocycles. The van der Waals surface area contributed by atoms with Crippen LogP contribution in [0.5, 0.6) is 0 Å². The second-order valence-electron chi connectivity index (χ2n) is 11.3. The fraction of sp³-hybridized carbons (Fsp3) is 0.917. The molecule has 4 fully saturated rings. The Labute approximate surface area is 205 Å². The molecule has 4 rings (SSSR count). The van der Waals surface area contributed by atoms with Gasteiger partial charge in [0, 0.05) is 0 Å². The van der Waals surface area contributed by atoms with Crippen molar-refractivity contribution in [3.8, 4) is 0 Å². The molecule has 30 heavy (non-hydrogen) atoms. The zero-order valence-corrected chi connectivity index (χ0v) is 22.1. The van der Waals surface area contributed by atoms with Crippen molar-refractivity contribution in [3.05, 3.63) is 0 Å². The largest absolute Gasteiger partial charge is 1.00 e. The molecule has 0 bridgehead atoms. The van der Waals surface area contributed by atoms with E-state index in [9.17, 15) is 18.3 Å². The van der Waals surface area contributed by atoms with Crippen LogP contribution in [0.15, 0.2) is 0 Å². The first-order chi connectivity index (χ1) is 13.7. The molecule has 4 aliphatic carbocycles. The van der Waals surface area contributed by atoms with Crippen molar-refractivity contribution in [1.82, 2.24) is 0 Å². The van der Waals surface area contributed by atoms with Gasteiger partial charge in [-0.25, -0.2) is 0 Å². The molecule has 4 saturated carbocycles. The number of carbonyl (C=O) groups is 1. The summed E-state index contributed by atoms with van der Waals surface area (Å²) in [6, 6.07) is 0. The Kier molecular flexibility index (Phi) is 7.60. The summed E-state index contributed by atoms with van der Waals surface area (Å²) in [7, 11) is -2.69. The van der Waals surface area contributed by atoms with E-state index in [4.69, 9.17) is 0 Å². The van der Waals surface area contributed by atoms with Crippen molar-refractivity contribution in [3.63, 3.8) is 0 Å². The Morgan fingerprint density at radius 3 is 2.33 bits per heavy atom. The minimum Gasteiger partial charge on any atom is -0.544 e. The van der Waals surface area contributed by atoms with Gasteiger partial charge in [0.1, 0.15) is 0 Å². The van der Waals surface area contributed by atoms with Crippen LogP contribution in [-0.4, -0.2) is 19.3 Å². The minimum atomic E-state index is -2.69. The average Bonchev–Trinajstić information content (AvgIpc) is 3.02. The van der Waals surface area contributed by atoms with Crippen molar-refractivity contribution < 1.29 is 47.9 Å². The molecule has 164 valence electrons. The van der Waals surface area contributed by atoms with Crippen molar-refractivity contribution in [1.29, 1.82) is 0 Å². The first kappa shape index (κ1) is 24.8. The number of hydrogen-bond acceptors (Lipinski definition) is 4. The normalized spacial score (nSPS) is 43.4. The summed E-state index contributed by atoms with van der Waals surface area (Å²) in [6.45, 7) is 7.08. The van der Waals surface area contributed by atoms with Gasteiger partial charge in [-0.2, -0.15) is 8.42 Å². The van der Waals surface area contributed by atoms with Crippen molar-refractivity contribution >= 4 is 21.1 Å². The van der Waals surface area contributed by atoms with Gasteiger partial charge in [0.2, 0.25) is 10.3 Å². The molecule has 6 heteroatoms. The smallest absolute Gasteiger partial charge is 0.544 e. The fourth-order valence-electron chi connectivity index (χ4n) is 8.92. The maximum atomic E-state index is 11.4. The molecule has 0 aromatic heterocycles. The van der Waals surface area contributed by atoms with Crippen molar-refractivity contribution in [2.45, 2.75) is 91.4 Å². The molecule has 0 N–H and O–H groups in total. The Hall–Kier alpha value is 0.160. The van der Waals surface area contributed by atoms with Crippen LogP contribution in [0.1, 0.15) is 91.4 Å². The third-order valence-electron chi connectivity index (χ3n) is 10.3.